The molecule has 0 aliphatic rings. The van der Waals surface area contributed by atoms with Gasteiger partial charge in [0.15, 0.2) is 0 Å². The molecule has 8 heavy (non-hydrogen) atoms. The van der Waals surface area contributed by atoms with Gasteiger partial charge in [-0.15, -0.1) is 17.0 Å². The van der Waals surface area contributed by atoms with Crippen LogP contribution in [0.3, 0.4) is 0 Å². The predicted octanol–water partition coefficient (Wildman–Crippen LogP) is 1.06. The third-order valence-electron chi connectivity index (χ3n) is 0.940. The molecule has 0 saturated carbocycles. The van der Waals surface area contributed by atoms with Gasteiger partial charge in [-0.25, -0.2) is 0 Å². The van der Waals surface area contributed by atoms with E-state index in [4.69, 9.17) is 0 Å². The van der Waals surface area contributed by atoms with Crippen molar-refractivity contribution >= 4 is 47.7 Å². The molecule has 0 spiro atoms. The minimum atomic E-state index is 0. The summed E-state index contributed by atoms with van der Waals surface area (Å²) in [6.07, 6.45) is 0. The standard InChI is InChI=1S/C6H5.BrH.Na/c1-2-4-6-5-3-1;;/h1-5H;1H;. The average molecular weight is 181 g/mol. The van der Waals surface area contributed by atoms with Gasteiger partial charge in [-0.3, -0.25) is 0 Å². The Kier molecular flexibility index (Phi) is 4.97. The summed E-state index contributed by atoms with van der Waals surface area (Å²) in [7, 11) is 0. The quantitative estimate of drug-likeness (QED) is 0.525. The van der Waals surface area contributed by atoms with Gasteiger partial charge in [-0.2, -0.15) is 0 Å². The van der Waals surface area contributed by atoms with Gasteiger partial charge in [0.05, 0.1) is 0 Å². The minimum absolute atomic E-state index is 0. The predicted molar refractivity (Wildman–Crippen MR) is 42.2 cm³/mol. The van der Waals surface area contributed by atoms with Gasteiger partial charge in [0.2, 0.25) is 0 Å². The first-order valence-corrected chi connectivity index (χ1v) is 3.41. The van der Waals surface area contributed by atoms with Crippen LogP contribution in [0.4, 0.5) is 0 Å². The summed E-state index contributed by atoms with van der Waals surface area (Å²) in [4.78, 5) is 0. The fourth-order valence-electron chi connectivity index (χ4n) is 0.534. The average Bonchev–Trinajstić information content (AvgIpc) is 1.69. The van der Waals surface area contributed by atoms with Crippen LogP contribution in [0.1, 0.15) is 0 Å². The van der Waals surface area contributed by atoms with Crippen LogP contribution >= 0.6 is 17.0 Å². The Balaban J connectivity index is 0.000000490. The molecule has 38 valence electrons. The van der Waals surface area contributed by atoms with Gasteiger partial charge < -0.3 is 0 Å². The van der Waals surface area contributed by atoms with Gasteiger partial charge in [-0.05, 0) is 0 Å². The van der Waals surface area contributed by atoms with Crippen LogP contribution in [0.5, 0.6) is 0 Å². The van der Waals surface area contributed by atoms with Crippen molar-refractivity contribution in [1.82, 2.24) is 0 Å². The molecule has 0 N–H and O–H groups in total. The molecule has 2 heteroatoms. The maximum absolute atomic E-state index is 2.15. The number of hydrogen-bond acceptors (Lipinski definition) is 0. The molecule has 0 aromatic heterocycles. The summed E-state index contributed by atoms with van der Waals surface area (Å²) in [6, 6.07) is 10.5. The number of hydrogen-bond donors (Lipinski definition) is 0. The van der Waals surface area contributed by atoms with Crippen LogP contribution in [0.2, 0.25) is 0 Å². The topological polar surface area (TPSA) is 0 Å². The van der Waals surface area contributed by atoms with E-state index in [0.29, 0.717) is 0 Å². The monoisotopic (exact) mass is 180 g/mol. The second-order valence-corrected chi connectivity index (χ2v) is 2.81. The van der Waals surface area contributed by atoms with E-state index in [2.05, 4.69) is 24.3 Å². The van der Waals surface area contributed by atoms with E-state index < -0.39 is 0 Å². The molecule has 0 nitrogen and oxygen atoms in total. The third-order valence-corrected chi connectivity index (χ3v) is 1.61. The maximum atomic E-state index is 2.15. The van der Waals surface area contributed by atoms with Crippen LogP contribution < -0.4 is 2.81 Å². The first-order chi connectivity index (χ1) is 3.39. The Morgan fingerprint density at radius 3 is 1.75 bits per heavy atom. The summed E-state index contributed by atoms with van der Waals surface area (Å²) in [5, 5.41) is 0. The van der Waals surface area contributed by atoms with Crippen molar-refractivity contribution in [3.05, 3.63) is 30.3 Å². The van der Waals surface area contributed by atoms with Crippen molar-refractivity contribution in [3.8, 4) is 0 Å². The fourth-order valence-corrected chi connectivity index (χ4v) is 0.919. The van der Waals surface area contributed by atoms with Gasteiger partial charge in [0.1, 0.15) is 0 Å². The molecule has 0 unspecified atom stereocenters. The zero-order chi connectivity index (χ0) is 5.11. The van der Waals surface area contributed by atoms with Gasteiger partial charge in [-0.1, -0.05) is 0 Å². The molecular weight excluding hydrogens is 175 g/mol. The fraction of sp³-hybridized carbons (Fsp3) is 0. The van der Waals surface area contributed by atoms with Crippen LogP contribution in [0.25, 0.3) is 0 Å². The summed E-state index contributed by atoms with van der Waals surface area (Å²) in [5.41, 5.74) is 0. The Morgan fingerprint density at radius 1 is 1.00 bits per heavy atom. The summed E-state index contributed by atoms with van der Waals surface area (Å²) in [6.45, 7) is 0. The van der Waals surface area contributed by atoms with Crippen LogP contribution in [0.15, 0.2) is 30.3 Å². The SMILES string of the molecule is Br.[Na][c]1ccccc1. The van der Waals surface area contributed by atoms with Gasteiger partial charge in [0, 0.05) is 0 Å². The summed E-state index contributed by atoms with van der Waals surface area (Å²) in [5.74, 6) is 0. The molecule has 0 bridgehead atoms. The summed E-state index contributed by atoms with van der Waals surface area (Å²) < 4.78 is 1.46. The van der Waals surface area contributed by atoms with Crippen molar-refractivity contribution in [2.75, 3.05) is 0 Å². The molecule has 0 fully saturated rings. The van der Waals surface area contributed by atoms with E-state index in [9.17, 15) is 0 Å². The molecule has 0 atom stereocenters. The number of rotatable bonds is 0. The molecule has 1 rings (SSSR count). The molecule has 0 saturated heterocycles. The molecule has 0 aliphatic heterocycles. The molecular formula is C6H6BrNa. The molecule has 1 aromatic carbocycles. The first kappa shape index (κ1) is 8.70. The second kappa shape index (κ2) is 4.57. The van der Waals surface area contributed by atoms with Crippen molar-refractivity contribution in [1.29, 1.82) is 0 Å². The Labute approximate surface area is 77.5 Å². The zero-order valence-electron chi connectivity index (χ0n) is 4.79. The van der Waals surface area contributed by atoms with E-state index >= 15 is 0 Å². The molecule has 1 aromatic rings. The summed E-state index contributed by atoms with van der Waals surface area (Å²) >= 11 is 1.17. The van der Waals surface area contributed by atoms with Gasteiger partial charge in [0.25, 0.3) is 0 Å². The van der Waals surface area contributed by atoms with E-state index in [-0.39, 0.29) is 17.0 Å². The van der Waals surface area contributed by atoms with E-state index in [0.717, 1.165) is 0 Å². The molecule has 0 heterocycles. The van der Waals surface area contributed by atoms with Crippen molar-refractivity contribution < 1.29 is 0 Å². The molecule has 0 radical (unpaired) electrons. The van der Waals surface area contributed by atoms with Crippen molar-refractivity contribution in [2.45, 2.75) is 0 Å². The molecule has 0 amide bonds. The van der Waals surface area contributed by atoms with E-state index in [1.807, 2.05) is 6.07 Å². The Morgan fingerprint density at radius 2 is 1.50 bits per heavy atom. The first-order valence-electron chi connectivity index (χ1n) is 2.41. The van der Waals surface area contributed by atoms with Crippen molar-refractivity contribution in [2.24, 2.45) is 0 Å². The van der Waals surface area contributed by atoms with E-state index in [1.54, 1.807) is 0 Å². The normalized spacial score (nSPS) is 7.75. The van der Waals surface area contributed by atoms with E-state index in [1.165, 1.54) is 30.7 Å². The number of halogens is 1. The van der Waals surface area contributed by atoms with Crippen LogP contribution in [-0.4, -0.2) is 27.9 Å². The number of benzene rings is 1. The molecule has 0 aliphatic carbocycles. The Hall–Kier alpha value is 0.700. The Bertz CT molecular complexity index is 138. The van der Waals surface area contributed by atoms with Gasteiger partial charge >= 0.3 is 61.1 Å². The second-order valence-electron chi connectivity index (χ2n) is 1.65. The van der Waals surface area contributed by atoms with Crippen LogP contribution in [0, 0.1) is 0 Å². The van der Waals surface area contributed by atoms with Crippen molar-refractivity contribution in [3.63, 3.8) is 0 Å². The zero-order valence-corrected chi connectivity index (χ0v) is 8.51. The van der Waals surface area contributed by atoms with Crippen LogP contribution in [-0.2, 0) is 0 Å². The third kappa shape index (κ3) is 2.88.